The van der Waals surface area contributed by atoms with Crippen LogP contribution < -0.4 is 0 Å². The lowest BCUT2D eigenvalue weighted by Gasteiger charge is -2.33. The van der Waals surface area contributed by atoms with Gasteiger partial charge in [-0.3, -0.25) is 9.47 Å². The SMILES string of the molecule is Cc1nn(CN2CCN(S(=O)(=O)c3ccc(Cl)cc3)CC2)c(=S)n1Cc1ccccc1. The lowest BCUT2D eigenvalue weighted by atomic mass is 10.2. The van der Waals surface area contributed by atoms with Gasteiger partial charge in [0.25, 0.3) is 0 Å². The summed E-state index contributed by atoms with van der Waals surface area (Å²) >= 11 is 11.5. The first kappa shape index (κ1) is 22.2. The molecule has 2 aromatic carbocycles. The van der Waals surface area contributed by atoms with Gasteiger partial charge in [-0.1, -0.05) is 41.9 Å². The Hall–Kier alpha value is -2.04. The summed E-state index contributed by atoms with van der Waals surface area (Å²) in [5.41, 5.74) is 1.17. The van der Waals surface area contributed by atoms with Crippen molar-refractivity contribution >= 4 is 33.8 Å². The Morgan fingerprint density at radius 3 is 2.29 bits per heavy atom. The number of aryl methyl sites for hydroxylation is 1. The molecular weight excluding hydrogens is 454 g/mol. The van der Waals surface area contributed by atoms with Gasteiger partial charge in [-0.2, -0.15) is 9.40 Å². The Labute approximate surface area is 192 Å². The largest absolute Gasteiger partial charge is 0.300 e. The van der Waals surface area contributed by atoms with Gasteiger partial charge in [-0.25, -0.2) is 13.1 Å². The summed E-state index contributed by atoms with van der Waals surface area (Å²) in [6, 6.07) is 16.4. The molecule has 10 heteroatoms. The van der Waals surface area contributed by atoms with E-state index in [0.717, 1.165) is 5.82 Å². The standard InChI is InChI=1S/C21H24ClN5O2S2/c1-17-23-27(21(30)26(17)15-18-5-3-2-4-6-18)16-24-11-13-25(14-12-24)31(28,29)20-9-7-19(22)8-10-20/h2-10H,11-16H2,1H3. The summed E-state index contributed by atoms with van der Waals surface area (Å²) in [6.07, 6.45) is 0. The monoisotopic (exact) mass is 477 g/mol. The number of sulfonamides is 1. The summed E-state index contributed by atoms with van der Waals surface area (Å²) in [5.74, 6) is 0.859. The third-order valence-electron chi connectivity index (χ3n) is 5.41. The molecule has 1 aliphatic heterocycles. The van der Waals surface area contributed by atoms with Crippen LogP contribution in [0.15, 0.2) is 59.5 Å². The molecule has 0 spiro atoms. The van der Waals surface area contributed by atoms with Gasteiger partial charge in [-0.05, 0) is 49.0 Å². The van der Waals surface area contributed by atoms with Crippen LogP contribution in [0, 0.1) is 11.7 Å². The van der Waals surface area contributed by atoms with Crippen molar-refractivity contribution in [2.45, 2.75) is 25.0 Å². The summed E-state index contributed by atoms with van der Waals surface area (Å²) in [4.78, 5) is 2.44. The van der Waals surface area contributed by atoms with Crippen molar-refractivity contribution in [1.82, 2.24) is 23.6 Å². The molecule has 0 amide bonds. The van der Waals surface area contributed by atoms with Crippen LogP contribution in [0.3, 0.4) is 0 Å². The van der Waals surface area contributed by atoms with Crippen LogP contribution in [0.25, 0.3) is 0 Å². The topological polar surface area (TPSA) is 63.4 Å². The van der Waals surface area contributed by atoms with Crippen LogP contribution in [-0.2, 0) is 23.2 Å². The van der Waals surface area contributed by atoms with Crippen molar-refractivity contribution in [3.63, 3.8) is 0 Å². The highest BCUT2D eigenvalue weighted by atomic mass is 35.5. The van der Waals surface area contributed by atoms with Gasteiger partial charge in [0.2, 0.25) is 10.0 Å². The second-order valence-corrected chi connectivity index (χ2v) is 10.3. The lowest BCUT2D eigenvalue weighted by Crippen LogP contribution is -2.48. The summed E-state index contributed by atoms with van der Waals surface area (Å²) in [6.45, 7) is 5.23. The zero-order chi connectivity index (χ0) is 22.0. The predicted octanol–water partition coefficient (Wildman–Crippen LogP) is 3.39. The Morgan fingerprint density at radius 1 is 1.00 bits per heavy atom. The van der Waals surface area contributed by atoms with Crippen LogP contribution in [-0.4, -0.2) is 58.1 Å². The van der Waals surface area contributed by atoms with E-state index in [0.29, 0.717) is 49.2 Å². The molecule has 1 aromatic heterocycles. The number of aromatic nitrogens is 3. The van der Waals surface area contributed by atoms with Crippen LogP contribution in [0.1, 0.15) is 11.4 Å². The quantitative estimate of drug-likeness (QED) is 0.509. The molecule has 2 heterocycles. The smallest absolute Gasteiger partial charge is 0.243 e. The molecule has 0 saturated carbocycles. The maximum Gasteiger partial charge on any atom is 0.243 e. The van der Waals surface area contributed by atoms with Gasteiger partial charge in [0.15, 0.2) is 4.77 Å². The number of halogens is 1. The van der Waals surface area contributed by atoms with Gasteiger partial charge in [-0.15, -0.1) is 0 Å². The summed E-state index contributed by atoms with van der Waals surface area (Å²) < 4.78 is 31.8. The maximum atomic E-state index is 12.9. The number of piperazine rings is 1. The average Bonchev–Trinajstić information content (AvgIpc) is 3.02. The first-order valence-corrected chi connectivity index (χ1v) is 12.2. The minimum atomic E-state index is -3.52. The fraction of sp³-hybridized carbons (Fsp3) is 0.333. The number of nitrogens with zero attached hydrogens (tertiary/aromatic N) is 5. The molecule has 0 unspecified atom stereocenters. The molecule has 0 radical (unpaired) electrons. The summed E-state index contributed by atoms with van der Waals surface area (Å²) in [7, 11) is -3.52. The minimum Gasteiger partial charge on any atom is -0.300 e. The van der Waals surface area contributed by atoms with E-state index in [2.05, 4.69) is 22.1 Å². The van der Waals surface area contributed by atoms with E-state index in [1.807, 2.05) is 34.4 Å². The van der Waals surface area contributed by atoms with Gasteiger partial charge in [0.1, 0.15) is 5.82 Å². The Morgan fingerprint density at radius 2 is 1.65 bits per heavy atom. The molecule has 7 nitrogen and oxygen atoms in total. The predicted molar refractivity (Wildman–Crippen MR) is 123 cm³/mol. The molecule has 31 heavy (non-hydrogen) atoms. The Balaban J connectivity index is 1.41. The van der Waals surface area contributed by atoms with Crippen LogP contribution >= 0.6 is 23.8 Å². The molecule has 1 fully saturated rings. The van der Waals surface area contributed by atoms with Crippen LogP contribution in [0.2, 0.25) is 5.02 Å². The average molecular weight is 478 g/mol. The van der Waals surface area contributed by atoms with Crippen LogP contribution in [0.5, 0.6) is 0 Å². The highest BCUT2D eigenvalue weighted by Gasteiger charge is 2.28. The first-order chi connectivity index (χ1) is 14.8. The van der Waals surface area contributed by atoms with E-state index in [1.165, 1.54) is 9.87 Å². The van der Waals surface area contributed by atoms with Crippen molar-refractivity contribution in [3.8, 4) is 0 Å². The van der Waals surface area contributed by atoms with Gasteiger partial charge in [0.05, 0.1) is 18.1 Å². The molecule has 0 aliphatic carbocycles. The molecule has 3 aromatic rings. The number of hydrogen-bond acceptors (Lipinski definition) is 5. The Bertz CT molecular complexity index is 1200. The van der Waals surface area contributed by atoms with E-state index < -0.39 is 10.0 Å². The molecule has 0 atom stereocenters. The number of hydrogen-bond donors (Lipinski definition) is 0. The highest BCUT2D eigenvalue weighted by Crippen LogP contribution is 2.20. The molecule has 1 saturated heterocycles. The van der Waals surface area contributed by atoms with Crippen molar-refractivity contribution in [1.29, 1.82) is 0 Å². The van der Waals surface area contributed by atoms with E-state index in [1.54, 1.807) is 24.3 Å². The number of benzene rings is 2. The molecule has 4 rings (SSSR count). The molecule has 1 aliphatic rings. The molecule has 0 bridgehead atoms. The van der Waals surface area contributed by atoms with Gasteiger partial charge < -0.3 is 0 Å². The fourth-order valence-corrected chi connectivity index (χ4v) is 5.49. The molecule has 164 valence electrons. The second-order valence-electron chi connectivity index (χ2n) is 7.52. The summed E-state index contributed by atoms with van der Waals surface area (Å²) in [5, 5.41) is 5.13. The zero-order valence-corrected chi connectivity index (χ0v) is 19.6. The normalized spacial score (nSPS) is 15.9. The van der Waals surface area contributed by atoms with Gasteiger partial charge in [0, 0.05) is 31.2 Å². The van der Waals surface area contributed by atoms with Crippen molar-refractivity contribution in [3.05, 3.63) is 75.8 Å². The first-order valence-electron chi connectivity index (χ1n) is 10.0. The minimum absolute atomic E-state index is 0.267. The third-order valence-corrected chi connectivity index (χ3v) is 8.00. The van der Waals surface area contributed by atoms with Gasteiger partial charge >= 0.3 is 0 Å². The highest BCUT2D eigenvalue weighted by molar-refractivity contribution is 7.89. The second kappa shape index (κ2) is 9.22. The van der Waals surface area contributed by atoms with E-state index in [4.69, 9.17) is 23.8 Å². The number of rotatable bonds is 6. The van der Waals surface area contributed by atoms with E-state index in [-0.39, 0.29) is 4.90 Å². The third kappa shape index (κ3) is 4.91. The van der Waals surface area contributed by atoms with Crippen LogP contribution in [0.4, 0.5) is 0 Å². The lowest BCUT2D eigenvalue weighted by molar-refractivity contribution is 0.144. The van der Waals surface area contributed by atoms with E-state index in [9.17, 15) is 8.42 Å². The zero-order valence-electron chi connectivity index (χ0n) is 17.2. The van der Waals surface area contributed by atoms with Crippen molar-refractivity contribution < 1.29 is 8.42 Å². The van der Waals surface area contributed by atoms with E-state index >= 15 is 0 Å². The molecule has 0 N–H and O–H groups in total. The fourth-order valence-electron chi connectivity index (χ4n) is 3.65. The Kier molecular flexibility index (Phi) is 6.59. The van der Waals surface area contributed by atoms with Crippen molar-refractivity contribution in [2.24, 2.45) is 0 Å². The molecular formula is C21H24ClN5O2S2. The van der Waals surface area contributed by atoms with Crippen molar-refractivity contribution in [2.75, 3.05) is 26.2 Å². The maximum absolute atomic E-state index is 12.9.